The molecule has 0 bridgehead atoms. The highest BCUT2D eigenvalue weighted by molar-refractivity contribution is 14.0. The molecule has 0 atom stereocenters. The average Bonchev–Trinajstić information content (AvgIpc) is 3.08. The van der Waals surface area contributed by atoms with Crippen LogP contribution in [0.1, 0.15) is 35.7 Å². The lowest BCUT2D eigenvalue weighted by Crippen LogP contribution is -2.44. The van der Waals surface area contributed by atoms with E-state index in [2.05, 4.69) is 58.7 Å². The Kier molecular flexibility index (Phi) is 8.15. The van der Waals surface area contributed by atoms with E-state index in [9.17, 15) is 0 Å². The molecule has 2 aromatic rings. The summed E-state index contributed by atoms with van der Waals surface area (Å²) in [6.07, 6.45) is 3.02. The van der Waals surface area contributed by atoms with Crippen LogP contribution in [0.25, 0.3) is 0 Å². The van der Waals surface area contributed by atoms with Gasteiger partial charge in [0.1, 0.15) is 0 Å². The van der Waals surface area contributed by atoms with Crippen LogP contribution in [-0.4, -0.2) is 35.5 Å². The van der Waals surface area contributed by atoms with Gasteiger partial charge in [0, 0.05) is 38.0 Å². The molecule has 0 unspecified atom stereocenters. The van der Waals surface area contributed by atoms with Gasteiger partial charge in [-0.1, -0.05) is 31.2 Å². The number of nitrogens with zero attached hydrogens (tertiary/aromatic N) is 3. The van der Waals surface area contributed by atoms with Gasteiger partial charge < -0.3 is 10.2 Å². The van der Waals surface area contributed by atoms with E-state index in [1.807, 2.05) is 0 Å². The van der Waals surface area contributed by atoms with Crippen LogP contribution in [0.4, 0.5) is 0 Å². The maximum atomic E-state index is 4.84. The van der Waals surface area contributed by atoms with Crippen molar-refractivity contribution in [2.24, 2.45) is 4.99 Å². The molecule has 0 radical (unpaired) electrons. The van der Waals surface area contributed by atoms with E-state index < -0.39 is 0 Å². The second-order valence-electron chi connectivity index (χ2n) is 6.01. The Morgan fingerprint density at radius 2 is 2.08 bits per heavy atom. The predicted octanol–water partition coefficient (Wildman–Crippen LogP) is 3.89. The zero-order chi connectivity index (χ0) is 16.8. The minimum Gasteiger partial charge on any atom is -0.357 e. The van der Waals surface area contributed by atoms with Crippen molar-refractivity contribution in [1.82, 2.24) is 15.2 Å². The van der Waals surface area contributed by atoms with Gasteiger partial charge in [-0.25, -0.2) is 4.98 Å². The number of hydrogen-bond acceptors (Lipinski definition) is 3. The monoisotopic (exact) mass is 470 g/mol. The molecule has 0 fully saturated rings. The van der Waals surface area contributed by atoms with Crippen LogP contribution in [0.2, 0.25) is 0 Å². The minimum absolute atomic E-state index is 0. The second-order valence-corrected chi connectivity index (χ2v) is 6.95. The van der Waals surface area contributed by atoms with E-state index in [1.54, 1.807) is 11.3 Å². The molecular weight excluding hydrogens is 443 g/mol. The molecule has 1 N–H and O–H groups in total. The van der Waals surface area contributed by atoms with Crippen LogP contribution in [-0.2, 0) is 25.8 Å². The van der Waals surface area contributed by atoms with Crippen LogP contribution in [0.15, 0.2) is 34.6 Å². The van der Waals surface area contributed by atoms with Crippen molar-refractivity contribution in [3.05, 3.63) is 51.5 Å². The Bertz CT molecular complexity index is 698. The summed E-state index contributed by atoms with van der Waals surface area (Å²) in [5.41, 5.74) is 4.06. The van der Waals surface area contributed by atoms with Gasteiger partial charge in [-0.2, -0.15) is 0 Å². The molecule has 0 amide bonds. The van der Waals surface area contributed by atoms with Crippen molar-refractivity contribution in [3.63, 3.8) is 0 Å². The molecule has 136 valence electrons. The first kappa shape index (κ1) is 20.2. The van der Waals surface area contributed by atoms with Crippen LogP contribution < -0.4 is 5.32 Å². The molecule has 3 rings (SSSR count). The number of rotatable bonds is 5. The molecule has 2 heterocycles. The smallest absolute Gasteiger partial charge is 0.194 e. The highest BCUT2D eigenvalue weighted by Gasteiger charge is 2.18. The maximum absolute atomic E-state index is 4.84. The molecule has 0 aliphatic carbocycles. The number of thiazole rings is 1. The fourth-order valence-electron chi connectivity index (χ4n) is 3.00. The van der Waals surface area contributed by atoms with Gasteiger partial charge in [0.15, 0.2) is 5.96 Å². The molecule has 1 aromatic heterocycles. The normalized spacial score (nSPS) is 14.0. The number of benzene rings is 1. The maximum Gasteiger partial charge on any atom is 0.194 e. The van der Waals surface area contributed by atoms with Crippen molar-refractivity contribution < 1.29 is 0 Å². The van der Waals surface area contributed by atoms with Gasteiger partial charge in [-0.05, 0) is 30.9 Å². The largest absolute Gasteiger partial charge is 0.357 e. The fourth-order valence-corrected chi connectivity index (χ4v) is 3.78. The fraction of sp³-hybridized carbons (Fsp3) is 0.474. The first-order valence-corrected chi connectivity index (χ1v) is 9.71. The van der Waals surface area contributed by atoms with E-state index in [1.165, 1.54) is 21.8 Å². The Morgan fingerprint density at radius 3 is 2.80 bits per heavy atom. The molecule has 25 heavy (non-hydrogen) atoms. The summed E-state index contributed by atoms with van der Waals surface area (Å²) in [5, 5.41) is 6.83. The van der Waals surface area contributed by atoms with Gasteiger partial charge in [0.25, 0.3) is 0 Å². The molecule has 1 aliphatic rings. The first-order valence-electron chi connectivity index (χ1n) is 8.83. The van der Waals surface area contributed by atoms with Gasteiger partial charge in [0.2, 0.25) is 0 Å². The van der Waals surface area contributed by atoms with Crippen molar-refractivity contribution in [1.29, 1.82) is 0 Å². The summed E-state index contributed by atoms with van der Waals surface area (Å²) in [7, 11) is 0. The highest BCUT2D eigenvalue weighted by Crippen LogP contribution is 2.18. The van der Waals surface area contributed by atoms with Crippen LogP contribution in [0.3, 0.4) is 0 Å². The Balaban J connectivity index is 0.00000225. The molecule has 1 aliphatic heterocycles. The molecule has 6 heteroatoms. The third-order valence-corrected chi connectivity index (χ3v) is 5.34. The molecular formula is C19H27IN4S. The van der Waals surface area contributed by atoms with Crippen molar-refractivity contribution in [3.8, 4) is 0 Å². The highest BCUT2D eigenvalue weighted by atomic mass is 127. The molecule has 0 saturated carbocycles. The lowest BCUT2D eigenvalue weighted by molar-refractivity contribution is 0.379. The Hall–Kier alpha value is -1.15. The van der Waals surface area contributed by atoms with E-state index in [0.717, 1.165) is 51.4 Å². The Morgan fingerprint density at radius 1 is 1.28 bits per heavy atom. The van der Waals surface area contributed by atoms with Gasteiger partial charge in [-0.15, -0.1) is 35.3 Å². The van der Waals surface area contributed by atoms with E-state index >= 15 is 0 Å². The summed E-state index contributed by atoms with van der Waals surface area (Å²) in [5.74, 6) is 1.03. The van der Waals surface area contributed by atoms with Gasteiger partial charge in [0.05, 0.1) is 10.7 Å². The summed E-state index contributed by atoms with van der Waals surface area (Å²) < 4.78 is 0. The van der Waals surface area contributed by atoms with E-state index in [-0.39, 0.29) is 24.0 Å². The standard InChI is InChI=1S/C19H26N4S.HI/c1-3-18-22-17(14-24-18)9-11-21-19(20-4-2)23-12-10-15-7-5-6-8-16(15)13-23;/h5-8,14H,3-4,9-13H2,1-2H3,(H,20,21);1H. The number of fused-ring (bicyclic) bond motifs is 1. The molecule has 4 nitrogen and oxygen atoms in total. The number of nitrogens with one attached hydrogen (secondary N) is 1. The number of guanidine groups is 1. The van der Waals surface area contributed by atoms with Crippen molar-refractivity contribution in [2.45, 2.75) is 39.7 Å². The molecule has 1 aromatic carbocycles. The summed E-state index contributed by atoms with van der Waals surface area (Å²) in [4.78, 5) is 11.8. The molecule has 0 saturated heterocycles. The topological polar surface area (TPSA) is 40.5 Å². The predicted molar refractivity (Wildman–Crippen MR) is 117 cm³/mol. The van der Waals surface area contributed by atoms with Crippen LogP contribution >= 0.6 is 35.3 Å². The first-order chi connectivity index (χ1) is 11.8. The summed E-state index contributed by atoms with van der Waals surface area (Å²) in [6, 6.07) is 8.73. The SMILES string of the molecule is CCNC(=NCCc1csc(CC)n1)N1CCc2ccccc2C1.I. The summed E-state index contributed by atoms with van der Waals surface area (Å²) in [6.45, 7) is 7.93. The van der Waals surface area contributed by atoms with Gasteiger partial charge in [-0.3, -0.25) is 4.99 Å². The van der Waals surface area contributed by atoms with Crippen molar-refractivity contribution in [2.75, 3.05) is 19.6 Å². The average molecular weight is 470 g/mol. The molecule has 0 spiro atoms. The summed E-state index contributed by atoms with van der Waals surface area (Å²) >= 11 is 1.75. The number of aryl methyl sites for hydroxylation is 1. The van der Waals surface area contributed by atoms with E-state index in [0.29, 0.717) is 0 Å². The van der Waals surface area contributed by atoms with Crippen molar-refractivity contribution >= 4 is 41.3 Å². The van der Waals surface area contributed by atoms with E-state index in [4.69, 9.17) is 4.99 Å². The lowest BCUT2D eigenvalue weighted by atomic mass is 10.0. The lowest BCUT2D eigenvalue weighted by Gasteiger charge is -2.31. The quantitative estimate of drug-likeness (QED) is 0.410. The zero-order valence-electron chi connectivity index (χ0n) is 15.0. The number of aliphatic imine (C=N–C) groups is 1. The van der Waals surface area contributed by atoms with Crippen LogP contribution in [0.5, 0.6) is 0 Å². The number of halogens is 1. The minimum atomic E-state index is 0. The van der Waals surface area contributed by atoms with Gasteiger partial charge >= 0.3 is 0 Å². The third kappa shape index (κ3) is 5.41. The Labute approximate surface area is 171 Å². The second kappa shape index (κ2) is 10.1. The van der Waals surface area contributed by atoms with Crippen LogP contribution in [0, 0.1) is 0 Å². The number of aromatic nitrogens is 1. The third-order valence-electron chi connectivity index (χ3n) is 4.30. The zero-order valence-corrected chi connectivity index (χ0v) is 18.1. The number of hydrogen-bond donors (Lipinski definition) is 1.